The molecule has 1 atom stereocenters. The highest BCUT2D eigenvalue weighted by Gasteiger charge is 2.22. The number of nitrogens with one attached hydrogen (secondary N) is 1. The van der Waals surface area contributed by atoms with E-state index in [9.17, 15) is 9.90 Å². The molecule has 1 unspecified atom stereocenters. The van der Waals surface area contributed by atoms with Crippen molar-refractivity contribution in [1.29, 1.82) is 0 Å². The van der Waals surface area contributed by atoms with Gasteiger partial charge in [-0.25, -0.2) is 4.79 Å². The maximum atomic E-state index is 11.4. The van der Waals surface area contributed by atoms with Gasteiger partial charge in [0.25, 0.3) is 0 Å². The van der Waals surface area contributed by atoms with Gasteiger partial charge < -0.3 is 10.4 Å². The summed E-state index contributed by atoms with van der Waals surface area (Å²) in [5.74, 6) is -0.660. The maximum Gasteiger partial charge on any atom is 0.330 e. The molecule has 0 aliphatic rings. The lowest BCUT2D eigenvalue weighted by atomic mass is 10.1. The lowest BCUT2D eigenvalue weighted by Gasteiger charge is -2.13. The molecule has 0 radical (unpaired) electrons. The van der Waals surface area contributed by atoms with Gasteiger partial charge in [0.15, 0.2) is 17.5 Å². The molecule has 10 nitrogen and oxygen atoms in total. The van der Waals surface area contributed by atoms with Gasteiger partial charge in [-0.2, -0.15) is 9.61 Å². The molecule has 0 bridgehead atoms. The van der Waals surface area contributed by atoms with Gasteiger partial charge in [-0.3, -0.25) is 9.67 Å². The predicted molar refractivity (Wildman–Crippen MR) is 65.8 cm³/mol. The number of aromatic nitrogens is 7. The van der Waals surface area contributed by atoms with Crippen molar-refractivity contribution in [2.24, 2.45) is 7.05 Å². The molecular weight excluding hydrogens is 264 g/mol. The van der Waals surface area contributed by atoms with Crippen LogP contribution >= 0.6 is 0 Å². The fraction of sp³-hybridized carbons (Fsp3) is 0.200. The van der Waals surface area contributed by atoms with E-state index in [0.29, 0.717) is 17.0 Å². The molecule has 0 fully saturated rings. The Balaban J connectivity index is 1.98. The van der Waals surface area contributed by atoms with Crippen molar-refractivity contribution in [2.75, 3.05) is 5.32 Å². The van der Waals surface area contributed by atoms with E-state index < -0.39 is 12.0 Å². The molecule has 3 aromatic heterocycles. The summed E-state index contributed by atoms with van der Waals surface area (Å²) >= 11 is 0. The number of rotatable bonds is 4. The summed E-state index contributed by atoms with van der Waals surface area (Å²) in [5.41, 5.74) is 0.940. The zero-order valence-corrected chi connectivity index (χ0v) is 10.4. The number of carboxylic acids is 1. The van der Waals surface area contributed by atoms with Crippen LogP contribution in [0.25, 0.3) is 5.65 Å². The third-order valence-electron chi connectivity index (χ3n) is 2.71. The van der Waals surface area contributed by atoms with E-state index in [4.69, 9.17) is 0 Å². The van der Waals surface area contributed by atoms with Crippen molar-refractivity contribution in [3.8, 4) is 0 Å². The maximum absolute atomic E-state index is 11.4. The van der Waals surface area contributed by atoms with E-state index in [-0.39, 0.29) is 0 Å². The van der Waals surface area contributed by atoms with Gasteiger partial charge in [0, 0.05) is 18.8 Å². The summed E-state index contributed by atoms with van der Waals surface area (Å²) in [6, 6.07) is -0.972. The zero-order valence-electron chi connectivity index (χ0n) is 10.4. The first-order valence-electron chi connectivity index (χ1n) is 5.65. The van der Waals surface area contributed by atoms with Crippen LogP contribution in [0, 0.1) is 0 Å². The molecule has 3 aromatic rings. The van der Waals surface area contributed by atoms with Crippen LogP contribution in [0.4, 0.5) is 5.82 Å². The number of carbonyl (C=O) groups is 1. The topological polar surface area (TPSA) is 123 Å². The van der Waals surface area contributed by atoms with Crippen molar-refractivity contribution in [3.05, 3.63) is 30.4 Å². The number of carboxylic acid groups (broad SMARTS) is 1. The molecule has 20 heavy (non-hydrogen) atoms. The molecular formula is C10H10N8O2. The highest BCUT2D eigenvalue weighted by Crippen LogP contribution is 2.18. The Morgan fingerprint density at radius 3 is 2.95 bits per heavy atom. The summed E-state index contributed by atoms with van der Waals surface area (Å²) in [7, 11) is 1.71. The molecule has 0 aliphatic carbocycles. The van der Waals surface area contributed by atoms with E-state index in [0.717, 1.165) is 0 Å². The van der Waals surface area contributed by atoms with E-state index >= 15 is 0 Å². The molecule has 2 N–H and O–H groups in total. The Labute approximate surface area is 112 Å². The molecule has 0 spiro atoms. The number of hydrogen-bond acceptors (Lipinski definition) is 7. The van der Waals surface area contributed by atoms with E-state index in [1.807, 2.05) is 0 Å². The number of nitrogens with zero attached hydrogens (tertiary/aromatic N) is 7. The van der Waals surface area contributed by atoms with Crippen LogP contribution < -0.4 is 5.32 Å². The lowest BCUT2D eigenvalue weighted by Crippen LogP contribution is -2.21. The van der Waals surface area contributed by atoms with Crippen LogP contribution in [0.1, 0.15) is 11.6 Å². The summed E-state index contributed by atoms with van der Waals surface area (Å²) < 4.78 is 2.90. The second-order valence-electron chi connectivity index (χ2n) is 4.10. The van der Waals surface area contributed by atoms with Crippen molar-refractivity contribution in [3.63, 3.8) is 0 Å². The first-order valence-corrected chi connectivity index (χ1v) is 5.65. The van der Waals surface area contributed by atoms with Gasteiger partial charge in [0.05, 0.1) is 18.6 Å². The standard InChI is InChI=1S/C10H10N8O2/c1-17-5-6(2-12-17)9(10(19)20)13-7-3-11-4-8-14-15-16-18(7)8/h2-5,9,13H,1H3,(H,19,20). The fourth-order valence-electron chi connectivity index (χ4n) is 1.80. The second kappa shape index (κ2) is 4.57. The fourth-order valence-corrected chi connectivity index (χ4v) is 1.80. The van der Waals surface area contributed by atoms with Gasteiger partial charge in [-0.05, 0) is 10.4 Å². The normalized spacial score (nSPS) is 12.4. The van der Waals surface area contributed by atoms with Gasteiger partial charge in [-0.15, -0.1) is 5.10 Å². The van der Waals surface area contributed by atoms with Crippen LogP contribution in [-0.4, -0.2) is 45.9 Å². The minimum atomic E-state index is -1.04. The largest absolute Gasteiger partial charge is 0.479 e. The number of tetrazole rings is 1. The average molecular weight is 274 g/mol. The summed E-state index contributed by atoms with van der Waals surface area (Å²) in [5, 5.41) is 27.2. The molecule has 3 heterocycles. The van der Waals surface area contributed by atoms with Crippen molar-refractivity contribution in [2.45, 2.75) is 6.04 Å². The molecule has 102 valence electrons. The highest BCUT2D eigenvalue weighted by atomic mass is 16.4. The summed E-state index contributed by atoms with van der Waals surface area (Å²) in [6.07, 6.45) is 6.04. The van der Waals surface area contributed by atoms with E-state index in [1.165, 1.54) is 27.8 Å². The minimum Gasteiger partial charge on any atom is -0.479 e. The van der Waals surface area contributed by atoms with Crippen LogP contribution in [0.15, 0.2) is 24.8 Å². The smallest absolute Gasteiger partial charge is 0.330 e. The quantitative estimate of drug-likeness (QED) is 0.652. The number of fused-ring (bicyclic) bond motifs is 1. The molecule has 0 amide bonds. The van der Waals surface area contributed by atoms with Crippen molar-refractivity contribution >= 4 is 17.4 Å². The van der Waals surface area contributed by atoms with Crippen LogP contribution in [0.5, 0.6) is 0 Å². The molecule has 0 aromatic carbocycles. The van der Waals surface area contributed by atoms with Gasteiger partial charge >= 0.3 is 5.97 Å². The van der Waals surface area contributed by atoms with Crippen LogP contribution in [-0.2, 0) is 11.8 Å². The second-order valence-corrected chi connectivity index (χ2v) is 4.10. The van der Waals surface area contributed by atoms with E-state index in [1.54, 1.807) is 13.2 Å². The average Bonchev–Trinajstić information content (AvgIpc) is 3.04. The third kappa shape index (κ3) is 2.02. The van der Waals surface area contributed by atoms with Crippen molar-refractivity contribution < 1.29 is 9.90 Å². The highest BCUT2D eigenvalue weighted by molar-refractivity contribution is 5.78. The van der Waals surface area contributed by atoms with Gasteiger partial charge in [0.1, 0.15) is 0 Å². The number of aliphatic carboxylic acids is 1. The zero-order chi connectivity index (χ0) is 14.1. The molecule has 3 rings (SSSR count). The number of anilines is 1. The van der Waals surface area contributed by atoms with Crippen LogP contribution in [0.3, 0.4) is 0 Å². The molecule has 10 heteroatoms. The Hall–Kier alpha value is -3.04. The molecule has 0 aliphatic heterocycles. The Kier molecular flexibility index (Phi) is 2.75. The molecule has 0 saturated carbocycles. The number of aryl methyl sites for hydroxylation is 1. The first-order chi connectivity index (χ1) is 9.65. The first kappa shape index (κ1) is 12.0. The SMILES string of the molecule is Cn1cc(C(Nc2cncc3nnnn23)C(=O)O)cn1. The van der Waals surface area contributed by atoms with E-state index in [2.05, 4.69) is 30.9 Å². The van der Waals surface area contributed by atoms with Gasteiger partial charge in [-0.1, -0.05) is 0 Å². The summed E-state index contributed by atoms with van der Waals surface area (Å²) in [4.78, 5) is 15.4. The Morgan fingerprint density at radius 2 is 2.25 bits per heavy atom. The monoisotopic (exact) mass is 274 g/mol. The Bertz CT molecular complexity index is 763. The van der Waals surface area contributed by atoms with Crippen LogP contribution in [0.2, 0.25) is 0 Å². The summed E-state index contributed by atoms with van der Waals surface area (Å²) in [6.45, 7) is 0. The minimum absolute atomic E-state index is 0.378. The molecule has 0 saturated heterocycles. The third-order valence-corrected chi connectivity index (χ3v) is 2.71. The Morgan fingerprint density at radius 1 is 1.40 bits per heavy atom. The lowest BCUT2D eigenvalue weighted by molar-refractivity contribution is -0.138. The number of hydrogen-bond donors (Lipinski definition) is 2. The van der Waals surface area contributed by atoms with Gasteiger partial charge in [0.2, 0.25) is 0 Å². The predicted octanol–water partition coefficient (Wildman–Crippen LogP) is -0.509. The van der Waals surface area contributed by atoms with Crippen molar-refractivity contribution in [1.82, 2.24) is 34.8 Å².